The van der Waals surface area contributed by atoms with Crippen molar-refractivity contribution in [2.75, 3.05) is 94.5 Å². The van der Waals surface area contributed by atoms with Crippen molar-refractivity contribution in [2.45, 2.75) is 241 Å². The Morgan fingerprint density at radius 2 is 1.15 bits per heavy atom. The van der Waals surface area contributed by atoms with Crippen molar-refractivity contribution < 1.29 is 137 Å². The minimum absolute atomic E-state index is 0.0282. The van der Waals surface area contributed by atoms with E-state index in [2.05, 4.69) is 47.9 Å². The zero-order valence-electron chi connectivity index (χ0n) is 68.6. The number of methoxy groups -OCH3 is 2. The van der Waals surface area contributed by atoms with E-state index in [-0.39, 0.29) is 67.9 Å². The fraction of sp³-hybridized carbons (Fsp3) is 0.747. The van der Waals surface area contributed by atoms with E-state index in [1.807, 2.05) is 60.5 Å². The van der Waals surface area contributed by atoms with Crippen LogP contribution in [0.5, 0.6) is 0 Å². The first-order valence-corrected chi connectivity index (χ1v) is 38.9. The third-order valence-corrected chi connectivity index (χ3v) is 20.0. The molecule has 662 valence electrons. The van der Waals surface area contributed by atoms with Crippen LogP contribution in [0.15, 0.2) is 30.3 Å². The topological polar surface area (TPSA) is 625 Å². The smallest absolute Gasteiger partial charge is 0.407 e. The first-order chi connectivity index (χ1) is 54.5. The molecule has 0 radical (unpaired) electrons. The number of aliphatic hydroxyl groups is 10. The van der Waals surface area contributed by atoms with E-state index in [0.717, 1.165) is 5.56 Å². The largest absolute Gasteiger partial charge is 0.480 e. The van der Waals surface area contributed by atoms with Gasteiger partial charge in [-0.15, -0.1) is 0 Å². The molecule has 41 nitrogen and oxygen atoms in total. The lowest BCUT2D eigenvalue weighted by atomic mass is 9.89. The number of aliphatic carboxylic acids is 1. The van der Waals surface area contributed by atoms with Crippen LogP contribution in [-0.4, -0.2) is 358 Å². The molecule has 21 atom stereocenters. The average molecular weight is 1660 g/mol. The summed E-state index contributed by atoms with van der Waals surface area (Å²) in [6, 6.07) is -0.984. The van der Waals surface area contributed by atoms with E-state index < -0.39 is 252 Å². The molecular formula is C75H129N13O28. The van der Waals surface area contributed by atoms with Gasteiger partial charge in [-0.3, -0.25) is 52.8 Å². The predicted octanol–water partition coefficient (Wildman–Crippen LogP) is -6.92. The number of likely N-dealkylation sites (N-methyl/N-ethyl adjacent to an activating group) is 2. The summed E-state index contributed by atoms with van der Waals surface area (Å²) in [5.74, 6) is -10.7. The fourth-order valence-electron chi connectivity index (χ4n) is 13.0. The molecule has 1 fully saturated rings. The van der Waals surface area contributed by atoms with E-state index in [1.165, 1.54) is 21.1 Å². The van der Waals surface area contributed by atoms with Gasteiger partial charge in [0.2, 0.25) is 59.1 Å². The molecule has 22 N–H and O–H groups in total. The van der Waals surface area contributed by atoms with Crippen molar-refractivity contribution >= 4 is 77.1 Å². The number of likely N-dealkylation sites (tertiary alicyclic amines) is 1. The zero-order chi connectivity index (χ0) is 88.0. The Labute approximate surface area is 675 Å². The Bertz CT molecular complexity index is 3250. The van der Waals surface area contributed by atoms with Gasteiger partial charge in [0.25, 0.3) is 0 Å². The molecule has 0 aliphatic carbocycles. The van der Waals surface area contributed by atoms with E-state index in [1.54, 1.807) is 54.1 Å². The molecule has 0 aromatic heterocycles. The lowest BCUT2D eigenvalue weighted by molar-refractivity contribution is -0.148. The van der Waals surface area contributed by atoms with Crippen molar-refractivity contribution in [2.24, 2.45) is 29.4 Å². The minimum Gasteiger partial charge on any atom is -0.480 e. The molecule has 116 heavy (non-hydrogen) atoms. The number of nitrogens with one attached hydrogen (secondary N) is 9. The number of carbonyl (C=O) groups excluding carboxylic acids is 12. The minimum atomic E-state index is -2.12. The quantitative estimate of drug-likeness (QED) is 0.0213. The van der Waals surface area contributed by atoms with Crippen LogP contribution in [0, 0.1) is 23.7 Å². The SMILES string of the molecule is CC[C@H](C)[C@@H]([C@@H](CC(=O)N1CCC[C@H]1[C@H](OC)[C@@H](C)C(=O)N[C@@H](Cc1ccccc1)C(=O)NCCCOC(=O)[C@H](C)NC(=O)CCC(NC(=O)CCNC(=O)OCC(N)C(=O)NC(CCC(=O)NC[C@H](O)[C@@H](O)[C@H](O)[C@H](O)CO)C(=O)NC[C@H](O)[C@@H](O)[C@H](O)[C@H](O)CO)C(=O)O)OC)N(C)C(=O)C(NC(=O)[C@H](C(C)C)N(C)C)C(C)C. The Balaban J connectivity index is 1.99. The number of esters is 1. The van der Waals surface area contributed by atoms with Gasteiger partial charge in [-0.25, -0.2) is 14.4 Å². The molecule has 11 amide bonds. The number of carboxylic acids is 1. The number of nitrogens with two attached hydrogens (primary N) is 1. The monoisotopic (exact) mass is 1660 g/mol. The van der Waals surface area contributed by atoms with Crippen molar-refractivity contribution in [1.29, 1.82) is 0 Å². The van der Waals surface area contributed by atoms with E-state index in [4.69, 9.17) is 34.9 Å². The summed E-state index contributed by atoms with van der Waals surface area (Å²) >= 11 is 0. The summed E-state index contributed by atoms with van der Waals surface area (Å²) in [6.45, 7) is 9.70. The summed E-state index contributed by atoms with van der Waals surface area (Å²) in [6.07, 6.45) is -19.6. The predicted molar refractivity (Wildman–Crippen MR) is 414 cm³/mol. The van der Waals surface area contributed by atoms with Crippen molar-refractivity contribution in [3.63, 3.8) is 0 Å². The van der Waals surface area contributed by atoms with Crippen LogP contribution in [0.25, 0.3) is 0 Å². The maximum Gasteiger partial charge on any atom is 0.407 e. The zero-order valence-corrected chi connectivity index (χ0v) is 68.6. The highest BCUT2D eigenvalue weighted by Crippen LogP contribution is 2.30. The maximum absolute atomic E-state index is 14.6. The highest BCUT2D eigenvalue weighted by Gasteiger charge is 2.45. The van der Waals surface area contributed by atoms with Crippen LogP contribution in [0.2, 0.25) is 0 Å². The van der Waals surface area contributed by atoms with Crippen molar-refractivity contribution in [3.05, 3.63) is 35.9 Å². The molecule has 0 saturated carbocycles. The Hall–Kier alpha value is -8.43. The van der Waals surface area contributed by atoms with Gasteiger partial charge in [0, 0.05) is 79.7 Å². The molecule has 0 bridgehead atoms. The molecule has 0 spiro atoms. The second kappa shape index (κ2) is 53.1. The van der Waals surface area contributed by atoms with Gasteiger partial charge >= 0.3 is 18.0 Å². The standard InChI is InChI=1S/C75H129N13O28/c1-14-41(6)61(87(11)72(108)59(39(2)3)85-71(107)60(40(4)5)86(9)10)54(113-12)33-58(98)88-30-18-22-49(88)66(114-13)42(7)67(103)84-48(32-44-20-16-15-17-21-44)70(106)77-28-19-31-115-74(111)43(8)81-56(96)26-24-47(73(109)110)82-57(97)27-29-78-75(112)116-38-45(76)68(104)83-46(69(105)80-35-51(92)63(100)65(102)53(94)37-90)23-25-55(95)79-34-50(91)62(99)64(101)52(93)36-89/h15-17,20-21,39-43,45-54,59-66,89-94,99-102H,14,18-19,22-38,76H2,1-13H3,(H,77,106)(H,78,112)(H,79,95)(H,80,105)(H,81,96)(H,82,97)(H,83,104)(H,84,103)(H,85,107)(H,109,110)/t41-,42+,43-,45?,46?,47?,48-,49-,50-,51-,52+,53+,54+,59?,60-,61-,62+,63+,64+,65+,66+/m0/s1. The Kier molecular flexibility index (Phi) is 47.4. The second-order valence-electron chi connectivity index (χ2n) is 29.9. The highest BCUT2D eigenvalue weighted by atomic mass is 16.6. The molecular weight excluding hydrogens is 1530 g/mol. The molecule has 1 heterocycles. The summed E-state index contributed by atoms with van der Waals surface area (Å²) in [4.78, 5) is 178. The average Bonchev–Trinajstić information content (AvgIpc) is 1.57. The number of carboxylic acid groups (broad SMARTS) is 1. The number of benzene rings is 1. The van der Waals surface area contributed by atoms with Gasteiger partial charge in [-0.1, -0.05) is 85.2 Å². The molecule has 1 saturated heterocycles. The Morgan fingerprint density at radius 1 is 0.595 bits per heavy atom. The van der Waals surface area contributed by atoms with Gasteiger partial charge in [-0.05, 0) is 76.4 Å². The molecule has 1 aliphatic rings. The van der Waals surface area contributed by atoms with E-state index in [9.17, 15) is 108 Å². The summed E-state index contributed by atoms with van der Waals surface area (Å²) in [5.41, 5.74) is 6.61. The van der Waals surface area contributed by atoms with Crippen LogP contribution in [-0.2, 0) is 82.9 Å². The third-order valence-electron chi connectivity index (χ3n) is 20.0. The normalized spacial score (nSPS) is 18.1. The second-order valence-corrected chi connectivity index (χ2v) is 29.9. The number of hydrogen-bond acceptors (Lipinski definition) is 29. The van der Waals surface area contributed by atoms with Crippen LogP contribution in [0.3, 0.4) is 0 Å². The van der Waals surface area contributed by atoms with Crippen LogP contribution >= 0.6 is 0 Å². The first-order valence-electron chi connectivity index (χ1n) is 38.9. The molecule has 1 aromatic carbocycles. The molecule has 2 rings (SSSR count). The Morgan fingerprint density at radius 3 is 1.69 bits per heavy atom. The van der Waals surface area contributed by atoms with Crippen molar-refractivity contribution in [3.8, 4) is 0 Å². The fourth-order valence-corrected chi connectivity index (χ4v) is 13.0. The number of hydrogen-bond donors (Lipinski definition) is 21. The van der Waals surface area contributed by atoms with Crippen LogP contribution in [0.4, 0.5) is 4.79 Å². The molecule has 1 aromatic rings. The molecule has 1 aliphatic heterocycles. The number of alkyl carbamates (subject to hydrolysis) is 1. The molecule has 4 unspecified atom stereocenters. The third kappa shape index (κ3) is 34.6. The number of rotatable bonds is 55. The van der Waals surface area contributed by atoms with E-state index >= 15 is 0 Å². The number of amides is 11. The van der Waals surface area contributed by atoms with Gasteiger partial charge < -0.3 is 139 Å². The van der Waals surface area contributed by atoms with Gasteiger partial charge in [0.15, 0.2) is 0 Å². The summed E-state index contributed by atoms with van der Waals surface area (Å²) < 4.78 is 22.3. The van der Waals surface area contributed by atoms with E-state index in [0.29, 0.717) is 25.8 Å². The van der Waals surface area contributed by atoms with Gasteiger partial charge in [0.05, 0.1) is 74.7 Å². The number of carbonyl (C=O) groups is 13. The first kappa shape index (κ1) is 104. The number of aliphatic hydroxyl groups excluding tert-OH is 10. The lowest BCUT2D eigenvalue weighted by Crippen LogP contribution is -2.59. The number of nitrogens with zero attached hydrogens (tertiary/aromatic N) is 3. The van der Waals surface area contributed by atoms with Gasteiger partial charge in [0.1, 0.15) is 79.5 Å². The maximum atomic E-state index is 14.6. The summed E-state index contributed by atoms with van der Waals surface area (Å²) in [5, 5.41) is 129. The highest BCUT2D eigenvalue weighted by molar-refractivity contribution is 5.92. The lowest BCUT2D eigenvalue weighted by Gasteiger charge is -2.41. The van der Waals surface area contributed by atoms with Crippen molar-refractivity contribution in [1.82, 2.24) is 62.6 Å². The number of ether oxygens (including phenoxy) is 4. The van der Waals surface area contributed by atoms with Crippen LogP contribution < -0.4 is 53.6 Å². The van der Waals surface area contributed by atoms with Crippen LogP contribution in [0.1, 0.15) is 125 Å². The van der Waals surface area contributed by atoms with Gasteiger partial charge in [-0.2, -0.15) is 0 Å². The summed E-state index contributed by atoms with van der Waals surface area (Å²) in [7, 11) is 8.23. The molecule has 41 heteroatoms.